The van der Waals surface area contributed by atoms with Gasteiger partial charge in [-0.05, 0) is 24.6 Å². The normalized spacial score (nSPS) is 11.3. The van der Waals surface area contributed by atoms with Crippen molar-refractivity contribution in [3.05, 3.63) is 102 Å². The van der Waals surface area contributed by atoms with Crippen LogP contribution in [0.15, 0.2) is 91.0 Å². The molecule has 0 amide bonds. The number of aromatic nitrogens is 2. The summed E-state index contributed by atoms with van der Waals surface area (Å²) in [5.74, 6) is 0. The summed E-state index contributed by atoms with van der Waals surface area (Å²) in [6.45, 7) is 2.91. The lowest BCUT2D eigenvalue weighted by atomic mass is 10.1. The van der Waals surface area contributed by atoms with Gasteiger partial charge in [-0.25, -0.2) is 0 Å². The maximum absolute atomic E-state index is 4.95. The van der Waals surface area contributed by atoms with E-state index in [0.29, 0.717) is 0 Å². The maximum atomic E-state index is 4.95. The quantitative estimate of drug-likeness (QED) is 0.379. The SMILES string of the molecule is Cc1cc2c3ccccc3n(Cc3ccccc3)c2c(-c2ccccc2)n1. The first kappa shape index (κ1) is 15.8. The van der Waals surface area contributed by atoms with E-state index in [9.17, 15) is 0 Å². The average molecular weight is 348 g/mol. The summed E-state index contributed by atoms with van der Waals surface area (Å²) in [6.07, 6.45) is 0. The zero-order chi connectivity index (χ0) is 18.2. The maximum Gasteiger partial charge on any atom is 0.0948 e. The molecule has 0 N–H and O–H groups in total. The molecule has 0 saturated carbocycles. The van der Waals surface area contributed by atoms with Crippen LogP contribution in [0.3, 0.4) is 0 Å². The molecule has 0 spiro atoms. The van der Waals surface area contributed by atoms with Gasteiger partial charge in [-0.15, -0.1) is 0 Å². The van der Waals surface area contributed by atoms with Crippen molar-refractivity contribution in [3.63, 3.8) is 0 Å². The minimum atomic E-state index is 0.829. The van der Waals surface area contributed by atoms with Crippen LogP contribution >= 0.6 is 0 Å². The van der Waals surface area contributed by atoms with Crippen molar-refractivity contribution in [2.45, 2.75) is 13.5 Å². The van der Waals surface area contributed by atoms with E-state index in [1.165, 1.54) is 27.4 Å². The fourth-order valence-corrected chi connectivity index (χ4v) is 3.93. The molecule has 2 nitrogen and oxygen atoms in total. The number of nitrogens with zero attached hydrogens (tertiary/aromatic N) is 2. The molecule has 27 heavy (non-hydrogen) atoms. The van der Waals surface area contributed by atoms with E-state index in [1.807, 2.05) is 0 Å². The van der Waals surface area contributed by atoms with E-state index in [1.54, 1.807) is 0 Å². The van der Waals surface area contributed by atoms with Crippen molar-refractivity contribution in [3.8, 4) is 11.3 Å². The van der Waals surface area contributed by atoms with Gasteiger partial charge in [0, 0.05) is 34.1 Å². The van der Waals surface area contributed by atoms with E-state index < -0.39 is 0 Å². The average Bonchev–Trinajstić information content (AvgIpc) is 3.03. The van der Waals surface area contributed by atoms with E-state index >= 15 is 0 Å². The molecule has 130 valence electrons. The van der Waals surface area contributed by atoms with Crippen molar-refractivity contribution < 1.29 is 0 Å². The molecule has 0 atom stereocenters. The third kappa shape index (κ3) is 2.70. The second-order valence-corrected chi connectivity index (χ2v) is 6.96. The molecule has 0 saturated heterocycles. The Balaban J connectivity index is 1.88. The third-order valence-corrected chi connectivity index (χ3v) is 5.11. The number of fused-ring (bicyclic) bond motifs is 3. The Morgan fingerprint density at radius 1 is 0.741 bits per heavy atom. The van der Waals surface area contributed by atoms with Gasteiger partial charge in [-0.2, -0.15) is 0 Å². The highest BCUT2D eigenvalue weighted by Gasteiger charge is 2.17. The molecule has 0 bridgehead atoms. The predicted octanol–water partition coefficient (Wildman–Crippen LogP) is 6.21. The number of aryl methyl sites for hydroxylation is 1. The first-order valence-corrected chi connectivity index (χ1v) is 9.29. The van der Waals surface area contributed by atoms with Gasteiger partial charge in [0.05, 0.1) is 11.2 Å². The number of para-hydroxylation sites is 1. The molecule has 0 unspecified atom stereocenters. The second kappa shape index (κ2) is 6.40. The van der Waals surface area contributed by atoms with Crippen LogP contribution in [0.1, 0.15) is 11.3 Å². The Labute approximate surface area is 158 Å². The third-order valence-electron chi connectivity index (χ3n) is 5.11. The largest absolute Gasteiger partial charge is 0.334 e. The molecular weight excluding hydrogens is 328 g/mol. The Morgan fingerprint density at radius 3 is 2.19 bits per heavy atom. The number of hydrogen-bond acceptors (Lipinski definition) is 1. The van der Waals surface area contributed by atoms with E-state index in [4.69, 9.17) is 4.98 Å². The Morgan fingerprint density at radius 2 is 1.41 bits per heavy atom. The molecule has 5 aromatic rings. The molecule has 0 fully saturated rings. The molecule has 0 radical (unpaired) electrons. The summed E-state index contributed by atoms with van der Waals surface area (Å²) in [5, 5.41) is 2.55. The lowest BCUT2D eigenvalue weighted by Gasteiger charge is -2.12. The molecule has 5 rings (SSSR count). The van der Waals surface area contributed by atoms with Gasteiger partial charge in [0.1, 0.15) is 0 Å². The van der Waals surface area contributed by atoms with Gasteiger partial charge >= 0.3 is 0 Å². The molecule has 2 heterocycles. The van der Waals surface area contributed by atoms with Gasteiger partial charge in [0.2, 0.25) is 0 Å². The number of benzene rings is 3. The zero-order valence-corrected chi connectivity index (χ0v) is 15.3. The summed E-state index contributed by atoms with van der Waals surface area (Å²) >= 11 is 0. The second-order valence-electron chi connectivity index (χ2n) is 6.96. The molecule has 3 aromatic carbocycles. The van der Waals surface area contributed by atoms with Gasteiger partial charge < -0.3 is 4.57 Å². The van der Waals surface area contributed by atoms with Gasteiger partial charge in [0.25, 0.3) is 0 Å². The number of rotatable bonds is 3. The van der Waals surface area contributed by atoms with Crippen LogP contribution in [0.25, 0.3) is 33.1 Å². The highest BCUT2D eigenvalue weighted by Crippen LogP contribution is 2.35. The Kier molecular flexibility index (Phi) is 3.75. The lowest BCUT2D eigenvalue weighted by Crippen LogP contribution is -2.01. The van der Waals surface area contributed by atoms with Crippen LogP contribution in [-0.2, 0) is 6.54 Å². The number of pyridine rings is 1. The first-order chi connectivity index (χ1) is 13.3. The zero-order valence-electron chi connectivity index (χ0n) is 15.3. The predicted molar refractivity (Wildman–Crippen MR) is 113 cm³/mol. The Hall–Kier alpha value is -3.39. The summed E-state index contributed by atoms with van der Waals surface area (Å²) in [5.41, 5.74) is 7.00. The highest BCUT2D eigenvalue weighted by molar-refractivity contribution is 6.12. The highest BCUT2D eigenvalue weighted by atomic mass is 15.0. The fraction of sp³-hybridized carbons (Fsp3) is 0.0800. The summed E-state index contributed by atoms with van der Waals surface area (Å²) < 4.78 is 2.41. The molecule has 2 heteroatoms. The minimum absolute atomic E-state index is 0.829. The van der Waals surface area contributed by atoms with Crippen molar-refractivity contribution in [2.24, 2.45) is 0 Å². The summed E-state index contributed by atoms with van der Waals surface area (Å²) in [4.78, 5) is 4.95. The van der Waals surface area contributed by atoms with Gasteiger partial charge in [0.15, 0.2) is 0 Å². The van der Waals surface area contributed by atoms with Crippen molar-refractivity contribution in [1.29, 1.82) is 0 Å². The molecule has 2 aromatic heterocycles. The minimum Gasteiger partial charge on any atom is -0.334 e. The molecule has 0 aliphatic carbocycles. The first-order valence-electron chi connectivity index (χ1n) is 9.29. The van der Waals surface area contributed by atoms with Crippen LogP contribution in [-0.4, -0.2) is 9.55 Å². The summed E-state index contributed by atoms with van der Waals surface area (Å²) in [7, 11) is 0. The standard InChI is InChI=1S/C25H20N2/c1-18-16-22-21-14-8-9-15-23(21)27(17-19-10-4-2-5-11-19)25(22)24(26-18)20-12-6-3-7-13-20/h2-16H,17H2,1H3. The summed E-state index contributed by atoms with van der Waals surface area (Å²) in [6, 6.07) is 32.0. The van der Waals surface area contributed by atoms with Crippen LogP contribution in [0.4, 0.5) is 0 Å². The van der Waals surface area contributed by atoms with E-state index in [0.717, 1.165) is 23.5 Å². The van der Waals surface area contributed by atoms with Gasteiger partial charge in [-0.3, -0.25) is 4.98 Å². The molecule has 0 aliphatic heterocycles. The molecule has 0 aliphatic rings. The Bertz CT molecular complexity index is 1240. The lowest BCUT2D eigenvalue weighted by molar-refractivity contribution is 0.867. The van der Waals surface area contributed by atoms with E-state index in [-0.39, 0.29) is 0 Å². The van der Waals surface area contributed by atoms with Crippen LogP contribution < -0.4 is 0 Å². The van der Waals surface area contributed by atoms with E-state index in [2.05, 4.69) is 102 Å². The van der Waals surface area contributed by atoms with Crippen molar-refractivity contribution >= 4 is 21.8 Å². The van der Waals surface area contributed by atoms with Crippen molar-refractivity contribution in [1.82, 2.24) is 9.55 Å². The molecular formula is C25H20N2. The smallest absolute Gasteiger partial charge is 0.0948 e. The van der Waals surface area contributed by atoms with Crippen LogP contribution in [0.5, 0.6) is 0 Å². The topological polar surface area (TPSA) is 17.8 Å². The van der Waals surface area contributed by atoms with Crippen molar-refractivity contribution in [2.75, 3.05) is 0 Å². The van der Waals surface area contributed by atoms with Crippen LogP contribution in [0.2, 0.25) is 0 Å². The number of hydrogen-bond donors (Lipinski definition) is 0. The monoisotopic (exact) mass is 348 g/mol. The van der Waals surface area contributed by atoms with Gasteiger partial charge in [-0.1, -0.05) is 78.9 Å². The fourth-order valence-electron chi connectivity index (χ4n) is 3.93. The van der Waals surface area contributed by atoms with Crippen LogP contribution in [0, 0.1) is 6.92 Å².